The minimum Gasteiger partial charge on any atom is -0.481 e. The lowest BCUT2D eigenvalue weighted by Crippen LogP contribution is -2.52. The van der Waals surface area contributed by atoms with E-state index in [1.54, 1.807) is 13.8 Å². The van der Waals surface area contributed by atoms with Crippen LogP contribution in [0, 0.1) is 0 Å². The maximum absolute atomic E-state index is 11.7. The molecule has 2 amide bonds. The third-order valence-electron chi connectivity index (χ3n) is 2.77. The maximum Gasteiger partial charge on any atom is 0.315 e. The van der Waals surface area contributed by atoms with E-state index in [4.69, 9.17) is 5.11 Å². The fourth-order valence-corrected chi connectivity index (χ4v) is 2.00. The fourth-order valence-electron chi connectivity index (χ4n) is 2.00. The first kappa shape index (κ1) is 13.8. The van der Waals surface area contributed by atoms with E-state index in [9.17, 15) is 9.59 Å². The van der Waals surface area contributed by atoms with Crippen molar-refractivity contribution in [2.45, 2.75) is 38.3 Å². The van der Waals surface area contributed by atoms with Crippen molar-refractivity contribution in [3.8, 4) is 0 Å². The van der Waals surface area contributed by atoms with E-state index in [1.165, 1.54) is 0 Å². The van der Waals surface area contributed by atoms with Crippen LogP contribution in [0.3, 0.4) is 0 Å². The van der Waals surface area contributed by atoms with Gasteiger partial charge in [0.05, 0.1) is 6.42 Å². The first-order valence-electron chi connectivity index (χ1n) is 5.77. The number of aliphatic carboxylic acids is 1. The number of nitrogens with one attached hydrogen (secondary N) is 2. The van der Waals surface area contributed by atoms with Crippen LogP contribution in [0.15, 0.2) is 0 Å². The number of nitrogens with zero attached hydrogens (tertiary/aromatic N) is 1. The Hall–Kier alpha value is -1.30. The van der Waals surface area contributed by atoms with Crippen LogP contribution in [0.1, 0.15) is 26.7 Å². The van der Waals surface area contributed by atoms with Crippen LogP contribution in [0.4, 0.5) is 4.79 Å². The third-order valence-corrected chi connectivity index (χ3v) is 2.77. The molecule has 1 rings (SSSR count). The van der Waals surface area contributed by atoms with Crippen molar-refractivity contribution in [1.82, 2.24) is 15.5 Å². The van der Waals surface area contributed by atoms with E-state index in [0.717, 1.165) is 19.5 Å². The second-order valence-electron chi connectivity index (χ2n) is 5.30. The van der Waals surface area contributed by atoms with Crippen molar-refractivity contribution in [3.63, 3.8) is 0 Å². The van der Waals surface area contributed by atoms with Gasteiger partial charge in [-0.05, 0) is 33.9 Å². The zero-order valence-corrected chi connectivity index (χ0v) is 10.6. The Morgan fingerprint density at radius 2 is 2.12 bits per heavy atom. The average Bonchev–Trinajstić information content (AvgIpc) is 2.46. The largest absolute Gasteiger partial charge is 0.481 e. The van der Waals surface area contributed by atoms with E-state index in [1.807, 2.05) is 7.05 Å². The number of carboxylic acids is 1. The lowest BCUT2D eigenvalue weighted by Gasteiger charge is -2.25. The summed E-state index contributed by atoms with van der Waals surface area (Å²) in [6.07, 6.45) is 0.842. The van der Waals surface area contributed by atoms with E-state index in [-0.39, 0.29) is 18.5 Å². The van der Waals surface area contributed by atoms with E-state index >= 15 is 0 Å². The standard InChI is InChI=1S/C11H21N3O3/c1-11(2,6-9(15)16)13-10(17)12-8-4-5-14(3)7-8/h8H,4-7H2,1-3H3,(H,15,16)(H2,12,13,17). The van der Waals surface area contributed by atoms with Crippen molar-refractivity contribution in [3.05, 3.63) is 0 Å². The Bertz CT molecular complexity index is 304. The minimum atomic E-state index is -0.920. The summed E-state index contributed by atoms with van der Waals surface area (Å²) in [4.78, 5) is 24.4. The summed E-state index contributed by atoms with van der Waals surface area (Å²) in [5.41, 5.74) is -0.736. The molecule has 0 saturated carbocycles. The third kappa shape index (κ3) is 5.04. The number of likely N-dealkylation sites (tertiary alicyclic amines) is 1. The van der Waals surface area contributed by atoms with Gasteiger partial charge in [-0.3, -0.25) is 4.79 Å². The number of amides is 2. The van der Waals surface area contributed by atoms with Crippen molar-refractivity contribution < 1.29 is 14.7 Å². The lowest BCUT2D eigenvalue weighted by atomic mass is 10.0. The molecule has 1 heterocycles. The van der Waals surface area contributed by atoms with Crippen LogP contribution >= 0.6 is 0 Å². The quantitative estimate of drug-likeness (QED) is 0.661. The molecule has 3 N–H and O–H groups in total. The molecule has 0 aromatic rings. The molecule has 1 unspecified atom stereocenters. The van der Waals surface area contributed by atoms with Crippen LogP contribution in [0.25, 0.3) is 0 Å². The highest BCUT2D eigenvalue weighted by Crippen LogP contribution is 2.09. The second-order valence-corrected chi connectivity index (χ2v) is 5.30. The summed E-state index contributed by atoms with van der Waals surface area (Å²) in [5, 5.41) is 14.2. The highest BCUT2D eigenvalue weighted by Gasteiger charge is 2.26. The first-order valence-corrected chi connectivity index (χ1v) is 5.77. The topological polar surface area (TPSA) is 81.7 Å². The van der Waals surface area contributed by atoms with Gasteiger partial charge >= 0.3 is 12.0 Å². The molecular weight excluding hydrogens is 222 g/mol. The monoisotopic (exact) mass is 243 g/mol. The van der Waals surface area contributed by atoms with Gasteiger partial charge in [0.1, 0.15) is 0 Å². The lowest BCUT2D eigenvalue weighted by molar-refractivity contribution is -0.138. The van der Waals surface area contributed by atoms with Crippen molar-refractivity contribution in [2.24, 2.45) is 0 Å². The Balaban J connectivity index is 2.36. The molecule has 1 atom stereocenters. The number of carbonyl (C=O) groups excluding carboxylic acids is 1. The van der Waals surface area contributed by atoms with Gasteiger partial charge in [0, 0.05) is 18.1 Å². The van der Waals surface area contributed by atoms with Crippen molar-refractivity contribution in [2.75, 3.05) is 20.1 Å². The molecule has 0 aromatic heterocycles. The maximum atomic E-state index is 11.7. The molecule has 0 spiro atoms. The Morgan fingerprint density at radius 1 is 1.47 bits per heavy atom. The summed E-state index contributed by atoms with van der Waals surface area (Å²) >= 11 is 0. The summed E-state index contributed by atoms with van der Waals surface area (Å²) in [5.74, 6) is -0.920. The van der Waals surface area contributed by atoms with Crippen LogP contribution < -0.4 is 10.6 Å². The Morgan fingerprint density at radius 3 is 2.59 bits per heavy atom. The van der Waals surface area contributed by atoms with E-state index < -0.39 is 11.5 Å². The molecule has 1 saturated heterocycles. The number of rotatable bonds is 4. The molecule has 1 aliphatic heterocycles. The Kier molecular flexibility index (Phi) is 4.34. The summed E-state index contributed by atoms with van der Waals surface area (Å²) in [6.45, 7) is 5.21. The summed E-state index contributed by atoms with van der Waals surface area (Å²) in [7, 11) is 2.01. The number of urea groups is 1. The number of carboxylic acid groups (broad SMARTS) is 1. The molecule has 0 aliphatic carbocycles. The van der Waals surface area contributed by atoms with Crippen LogP contribution in [0.5, 0.6) is 0 Å². The summed E-state index contributed by atoms with van der Waals surface area (Å²) < 4.78 is 0. The van der Waals surface area contributed by atoms with Gasteiger partial charge in [0.2, 0.25) is 0 Å². The van der Waals surface area contributed by atoms with Gasteiger partial charge < -0.3 is 20.6 Å². The van der Waals surface area contributed by atoms with Crippen LogP contribution in [-0.4, -0.2) is 53.7 Å². The number of carbonyl (C=O) groups is 2. The first-order chi connectivity index (χ1) is 7.78. The molecule has 17 heavy (non-hydrogen) atoms. The molecule has 0 radical (unpaired) electrons. The minimum absolute atomic E-state index is 0.0923. The molecule has 0 bridgehead atoms. The second kappa shape index (κ2) is 5.35. The number of likely N-dealkylation sites (N-methyl/N-ethyl adjacent to an activating group) is 1. The normalized spacial score (nSPS) is 21.2. The molecule has 1 fully saturated rings. The predicted molar refractivity (Wildman–Crippen MR) is 63.9 cm³/mol. The Labute approximate surface area is 101 Å². The molecule has 0 aromatic carbocycles. The highest BCUT2D eigenvalue weighted by atomic mass is 16.4. The van der Waals surface area contributed by atoms with Crippen molar-refractivity contribution >= 4 is 12.0 Å². The molecule has 6 nitrogen and oxygen atoms in total. The van der Waals surface area contributed by atoms with Gasteiger partial charge in [0.25, 0.3) is 0 Å². The van der Waals surface area contributed by atoms with Gasteiger partial charge in [-0.25, -0.2) is 4.79 Å². The SMILES string of the molecule is CN1CCC(NC(=O)NC(C)(C)CC(=O)O)C1. The van der Waals surface area contributed by atoms with Crippen LogP contribution in [-0.2, 0) is 4.79 Å². The predicted octanol–water partition coefficient (Wildman–Crippen LogP) is 0.243. The van der Waals surface area contributed by atoms with Gasteiger partial charge in [-0.1, -0.05) is 0 Å². The van der Waals surface area contributed by atoms with E-state index in [2.05, 4.69) is 15.5 Å². The molecule has 6 heteroatoms. The summed E-state index contributed by atoms with van der Waals surface area (Å²) in [6, 6.07) is -0.142. The van der Waals surface area contributed by atoms with Crippen LogP contribution in [0.2, 0.25) is 0 Å². The number of hydrogen-bond donors (Lipinski definition) is 3. The number of hydrogen-bond acceptors (Lipinski definition) is 3. The highest BCUT2D eigenvalue weighted by molar-refractivity contribution is 5.76. The molecule has 98 valence electrons. The average molecular weight is 243 g/mol. The van der Waals surface area contributed by atoms with E-state index in [0.29, 0.717) is 0 Å². The zero-order chi connectivity index (χ0) is 13.1. The molecular formula is C11H21N3O3. The zero-order valence-electron chi connectivity index (χ0n) is 10.6. The van der Waals surface area contributed by atoms with Gasteiger partial charge in [0.15, 0.2) is 0 Å². The van der Waals surface area contributed by atoms with Gasteiger partial charge in [-0.15, -0.1) is 0 Å². The smallest absolute Gasteiger partial charge is 0.315 e. The molecule has 1 aliphatic rings. The van der Waals surface area contributed by atoms with Crippen molar-refractivity contribution in [1.29, 1.82) is 0 Å². The fraction of sp³-hybridized carbons (Fsp3) is 0.818. The van der Waals surface area contributed by atoms with Gasteiger partial charge in [-0.2, -0.15) is 0 Å².